The number of carbonyl (C=O) groups excluding carboxylic acids is 2. The first kappa shape index (κ1) is 24.4. The van der Waals surface area contributed by atoms with Gasteiger partial charge in [0.15, 0.2) is 5.58 Å². The van der Waals surface area contributed by atoms with Crippen LogP contribution in [0, 0.1) is 0 Å². The Morgan fingerprint density at radius 2 is 1.84 bits per heavy atom. The van der Waals surface area contributed by atoms with Gasteiger partial charge in [0.05, 0.1) is 17.1 Å². The van der Waals surface area contributed by atoms with Crippen LogP contribution < -0.4 is 16.4 Å². The number of rotatable bonds is 7. The van der Waals surface area contributed by atoms with Crippen molar-refractivity contribution in [3.63, 3.8) is 0 Å². The molecule has 0 aliphatic carbocycles. The lowest BCUT2D eigenvalue weighted by Crippen LogP contribution is -2.30. The molecular formula is C25H21N7O6. The molecule has 0 spiro atoms. The number of nitrogens with one attached hydrogen (secondary N) is 2. The van der Waals surface area contributed by atoms with E-state index in [0.29, 0.717) is 16.7 Å². The van der Waals surface area contributed by atoms with Crippen LogP contribution in [0.4, 0.5) is 0 Å². The molecule has 3 aromatic heterocycles. The van der Waals surface area contributed by atoms with Gasteiger partial charge in [-0.1, -0.05) is 18.2 Å². The van der Waals surface area contributed by atoms with Gasteiger partial charge in [-0.05, 0) is 42.3 Å². The lowest BCUT2D eigenvalue weighted by molar-refractivity contribution is 0.0696. The lowest BCUT2D eigenvalue weighted by Gasteiger charge is -2.15. The van der Waals surface area contributed by atoms with Crippen molar-refractivity contribution in [2.75, 3.05) is 0 Å². The third-order valence-electron chi connectivity index (χ3n) is 6.03. The van der Waals surface area contributed by atoms with Gasteiger partial charge >= 0.3 is 11.7 Å². The predicted octanol–water partition coefficient (Wildman–Crippen LogP) is 1.69. The normalized spacial score (nSPS) is 11.9. The van der Waals surface area contributed by atoms with Gasteiger partial charge in [0.1, 0.15) is 17.7 Å². The largest absolute Gasteiger partial charge is 0.478 e. The summed E-state index contributed by atoms with van der Waals surface area (Å²) in [5.41, 5.74) is 2.59. The number of carbonyl (C=O) groups is 3. The topological polar surface area (TPSA) is 174 Å². The highest BCUT2D eigenvalue weighted by Gasteiger charge is 2.20. The Bertz CT molecular complexity index is 1770. The number of hydrogen-bond acceptors (Lipinski definition) is 8. The van der Waals surface area contributed by atoms with Gasteiger partial charge in [-0.25, -0.2) is 14.6 Å². The molecule has 0 unspecified atom stereocenters. The van der Waals surface area contributed by atoms with Crippen LogP contribution in [0.2, 0.25) is 0 Å². The van der Waals surface area contributed by atoms with Crippen LogP contribution in [0.1, 0.15) is 55.4 Å². The van der Waals surface area contributed by atoms with E-state index in [1.165, 1.54) is 33.6 Å². The molecule has 13 nitrogen and oxygen atoms in total. The minimum absolute atomic E-state index is 0.0422. The SMILES string of the molecule is C[C@H](NC(=O)c1cc(C(=O)NCc2ccc3oc(=O)n(C)c3c2)n2ncnc2n1)c1ccc(C(=O)O)cc1. The predicted molar refractivity (Wildman–Crippen MR) is 133 cm³/mol. The van der Waals surface area contributed by atoms with Gasteiger partial charge < -0.3 is 20.2 Å². The Kier molecular flexibility index (Phi) is 6.16. The van der Waals surface area contributed by atoms with Crippen LogP contribution >= 0.6 is 0 Å². The zero-order valence-electron chi connectivity index (χ0n) is 20.2. The Morgan fingerprint density at radius 3 is 2.58 bits per heavy atom. The molecule has 0 bridgehead atoms. The average molecular weight is 515 g/mol. The molecule has 0 aliphatic heterocycles. The highest BCUT2D eigenvalue weighted by Crippen LogP contribution is 2.16. The zero-order chi connectivity index (χ0) is 27.0. The fraction of sp³-hybridized carbons (Fsp3) is 0.160. The fourth-order valence-electron chi connectivity index (χ4n) is 3.91. The summed E-state index contributed by atoms with van der Waals surface area (Å²) in [4.78, 5) is 57.1. The van der Waals surface area contributed by atoms with E-state index in [4.69, 9.17) is 9.52 Å². The highest BCUT2D eigenvalue weighted by atomic mass is 16.4. The van der Waals surface area contributed by atoms with Crippen molar-refractivity contribution in [3.8, 4) is 0 Å². The van der Waals surface area contributed by atoms with E-state index in [-0.39, 0.29) is 29.3 Å². The molecule has 5 rings (SSSR count). The van der Waals surface area contributed by atoms with Crippen molar-refractivity contribution in [1.82, 2.24) is 34.8 Å². The summed E-state index contributed by atoms with van der Waals surface area (Å²) in [6.07, 6.45) is 1.22. The molecule has 1 atom stereocenters. The summed E-state index contributed by atoms with van der Waals surface area (Å²) in [6, 6.07) is 12.1. The number of aromatic nitrogens is 5. The van der Waals surface area contributed by atoms with Crippen LogP contribution in [0.5, 0.6) is 0 Å². The third-order valence-corrected chi connectivity index (χ3v) is 6.03. The molecule has 2 amide bonds. The van der Waals surface area contributed by atoms with Crippen molar-refractivity contribution < 1.29 is 23.9 Å². The molecule has 3 heterocycles. The van der Waals surface area contributed by atoms with E-state index in [2.05, 4.69) is 25.7 Å². The van der Waals surface area contributed by atoms with E-state index in [0.717, 1.165) is 5.56 Å². The molecule has 0 aliphatic rings. The number of oxazole rings is 1. The maximum Gasteiger partial charge on any atom is 0.419 e. The minimum atomic E-state index is -1.04. The van der Waals surface area contributed by atoms with E-state index in [1.807, 2.05) is 0 Å². The monoisotopic (exact) mass is 515 g/mol. The Morgan fingerprint density at radius 1 is 1.08 bits per heavy atom. The number of carboxylic acids is 1. The molecule has 192 valence electrons. The number of fused-ring (bicyclic) bond motifs is 2. The first-order valence-electron chi connectivity index (χ1n) is 11.4. The first-order valence-corrected chi connectivity index (χ1v) is 11.4. The first-order chi connectivity index (χ1) is 18.2. The van der Waals surface area contributed by atoms with Crippen LogP contribution in [0.3, 0.4) is 0 Å². The number of aryl methyl sites for hydroxylation is 1. The van der Waals surface area contributed by atoms with Crippen molar-refractivity contribution in [1.29, 1.82) is 0 Å². The van der Waals surface area contributed by atoms with E-state index in [1.54, 1.807) is 44.3 Å². The van der Waals surface area contributed by atoms with Gasteiger partial charge in [-0.2, -0.15) is 14.6 Å². The maximum atomic E-state index is 13.1. The standard InChI is InChI=1S/C25H21N7O6/c1-13(15-4-6-16(7-5-15)23(35)36)29-21(33)17-10-19(32-24(30-17)27-12-28-32)22(34)26-11-14-3-8-20-18(9-14)31(2)25(37)38-20/h3-10,12-13H,11H2,1-2H3,(H,26,34)(H,29,33)(H,35,36)/t13-/m0/s1. The highest BCUT2D eigenvalue weighted by molar-refractivity contribution is 5.98. The number of amides is 2. The van der Waals surface area contributed by atoms with Gasteiger partial charge in [-0.3, -0.25) is 14.2 Å². The molecule has 0 fully saturated rings. The summed E-state index contributed by atoms with van der Waals surface area (Å²) >= 11 is 0. The average Bonchev–Trinajstić information content (AvgIpc) is 3.50. The molecule has 0 saturated carbocycles. The molecule has 2 aromatic carbocycles. The Hall–Kier alpha value is -5.33. The van der Waals surface area contributed by atoms with E-state index < -0.39 is 29.6 Å². The second kappa shape index (κ2) is 9.61. The fourth-order valence-corrected chi connectivity index (χ4v) is 3.91. The van der Waals surface area contributed by atoms with Crippen LogP contribution in [-0.4, -0.2) is 47.0 Å². The minimum Gasteiger partial charge on any atom is -0.478 e. The number of benzene rings is 2. The smallest absolute Gasteiger partial charge is 0.419 e. The second-order valence-corrected chi connectivity index (χ2v) is 8.53. The molecular weight excluding hydrogens is 494 g/mol. The summed E-state index contributed by atoms with van der Waals surface area (Å²) in [5.74, 6) is -2.53. The number of aromatic carboxylic acids is 1. The van der Waals surface area contributed by atoms with Gasteiger partial charge in [0.2, 0.25) is 0 Å². The summed E-state index contributed by atoms with van der Waals surface area (Å²) in [5, 5.41) is 18.7. The van der Waals surface area contributed by atoms with Crippen LogP contribution in [0.15, 0.2) is 64.1 Å². The lowest BCUT2D eigenvalue weighted by atomic mass is 10.1. The van der Waals surface area contributed by atoms with Gasteiger partial charge in [0, 0.05) is 19.7 Å². The summed E-state index contributed by atoms with van der Waals surface area (Å²) in [6.45, 7) is 1.88. The molecule has 3 N–H and O–H groups in total. The second-order valence-electron chi connectivity index (χ2n) is 8.53. The third kappa shape index (κ3) is 4.59. The number of nitrogens with zero attached hydrogens (tertiary/aromatic N) is 5. The van der Waals surface area contributed by atoms with E-state index in [9.17, 15) is 19.2 Å². The summed E-state index contributed by atoms with van der Waals surface area (Å²) < 4.78 is 7.72. The number of hydrogen-bond donors (Lipinski definition) is 3. The molecule has 0 saturated heterocycles. The van der Waals surface area contributed by atoms with Crippen molar-refractivity contribution in [3.05, 3.63) is 93.5 Å². The van der Waals surface area contributed by atoms with Crippen molar-refractivity contribution in [2.45, 2.75) is 19.5 Å². The Balaban J connectivity index is 1.34. The van der Waals surface area contributed by atoms with Crippen molar-refractivity contribution >= 4 is 34.7 Å². The van der Waals surface area contributed by atoms with Crippen molar-refractivity contribution in [2.24, 2.45) is 7.05 Å². The quantitative estimate of drug-likeness (QED) is 0.291. The molecule has 38 heavy (non-hydrogen) atoms. The van der Waals surface area contributed by atoms with Crippen LogP contribution in [0.25, 0.3) is 16.9 Å². The maximum absolute atomic E-state index is 13.1. The number of carboxylic acid groups (broad SMARTS) is 1. The molecule has 0 radical (unpaired) electrons. The molecule has 13 heteroatoms. The van der Waals surface area contributed by atoms with Crippen LogP contribution in [-0.2, 0) is 13.6 Å². The molecule has 5 aromatic rings. The summed E-state index contributed by atoms with van der Waals surface area (Å²) in [7, 11) is 1.59. The van der Waals surface area contributed by atoms with Gasteiger partial charge in [0.25, 0.3) is 17.6 Å². The van der Waals surface area contributed by atoms with E-state index >= 15 is 0 Å². The Labute approximate surface area is 213 Å². The van der Waals surface area contributed by atoms with Gasteiger partial charge in [-0.15, -0.1) is 0 Å². The zero-order valence-corrected chi connectivity index (χ0v) is 20.2.